The van der Waals surface area contributed by atoms with Crippen LogP contribution in [0.25, 0.3) is 22.4 Å². The topological polar surface area (TPSA) is 141 Å². The van der Waals surface area contributed by atoms with Crippen LogP contribution in [0.2, 0.25) is 0 Å². The molecule has 0 amide bonds. The second-order valence-electron chi connectivity index (χ2n) is 8.47. The van der Waals surface area contributed by atoms with Gasteiger partial charge in [-0.1, -0.05) is 12.1 Å². The van der Waals surface area contributed by atoms with E-state index >= 15 is 0 Å². The number of anilines is 1. The second-order valence-corrected chi connectivity index (χ2v) is 9.35. The Labute approximate surface area is 226 Å². The predicted octanol–water partition coefficient (Wildman–Crippen LogP) is 5.05. The number of nitro groups is 1. The average Bonchev–Trinajstić information content (AvgIpc) is 3.66. The minimum atomic E-state index is -0.714. The van der Waals surface area contributed by atoms with Gasteiger partial charge in [-0.3, -0.25) is 10.1 Å². The molecule has 198 valence electrons. The van der Waals surface area contributed by atoms with Crippen LogP contribution in [0.15, 0.2) is 58.7 Å². The Balaban J connectivity index is 1.54. The SMILES string of the molecule is COC(=O)c1scc([N+](=O)[O-])c1COc1nc(-c2ccc(N3CCOCC3)cc2)cc(-c2ccoc2)c1C#N. The average molecular weight is 547 g/mol. The molecule has 0 radical (unpaired) electrons. The third-order valence-electron chi connectivity index (χ3n) is 6.26. The van der Waals surface area contributed by atoms with E-state index in [1.165, 1.54) is 25.0 Å². The monoisotopic (exact) mass is 546 g/mol. The lowest BCUT2D eigenvalue weighted by molar-refractivity contribution is -0.385. The molecule has 0 saturated carbocycles. The Bertz CT molecular complexity index is 1540. The van der Waals surface area contributed by atoms with Crippen LogP contribution < -0.4 is 9.64 Å². The molecule has 1 fully saturated rings. The molecule has 0 unspecified atom stereocenters. The number of nitrogens with zero attached hydrogens (tertiary/aromatic N) is 4. The fraction of sp³-hybridized carbons (Fsp3) is 0.222. The highest BCUT2D eigenvalue weighted by Gasteiger charge is 2.27. The molecular weight excluding hydrogens is 524 g/mol. The van der Waals surface area contributed by atoms with Crippen molar-refractivity contribution in [3.05, 3.63) is 80.4 Å². The summed E-state index contributed by atoms with van der Waals surface area (Å²) < 4.78 is 21.4. The number of esters is 1. The van der Waals surface area contributed by atoms with Crippen LogP contribution in [0.1, 0.15) is 20.8 Å². The fourth-order valence-electron chi connectivity index (χ4n) is 4.26. The van der Waals surface area contributed by atoms with E-state index < -0.39 is 10.9 Å². The highest BCUT2D eigenvalue weighted by atomic mass is 32.1. The van der Waals surface area contributed by atoms with Crippen LogP contribution in [0, 0.1) is 21.4 Å². The van der Waals surface area contributed by atoms with Gasteiger partial charge in [-0.05, 0) is 24.3 Å². The molecule has 1 saturated heterocycles. The number of ether oxygens (including phenoxy) is 3. The summed E-state index contributed by atoms with van der Waals surface area (Å²) in [4.78, 5) is 30.1. The number of thiophene rings is 1. The largest absolute Gasteiger partial charge is 0.472 e. The van der Waals surface area contributed by atoms with Crippen LogP contribution in [-0.4, -0.2) is 49.3 Å². The lowest BCUT2D eigenvalue weighted by atomic mass is 10.0. The number of nitriles is 1. The van der Waals surface area contributed by atoms with Crippen molar-refractivity contribution in [3.63, 3.8) is 0 Å². The Morgan fingerprint density at radius 3 is 2.64 bits per heavy atom. The van der Waals surface area contributed by atoms with Gasteiger partial charge in [0, 0.05) is 35.5 Å². The molecule has 0 atom stereocenters. The molecule has 12 heteroatoms. The van der Waals surface area contributed by atoms with Crippen molar-refractivity contribution in [1.82, 2.24) is 4.98 Å². The molecule has 4 heterocycles. The lowest BCUT2D eigenvalue weighted by Crippen LogP contribution is -2.36. The third kappa shape index (κ3) is 5.31. The van der Waals surface area contributed by atoms with Gasteiger partial charge in [0.25, 0.3) is 5.69 Å². The van der Waals surface area contributed by atoms with Crippen molar-refractivity contribution >= 4 is 28.7 Å². The van der Waals surface area contributed by atoms with Crippen LogP contribution >= 0.6 is 11.3 Å². The highest BCUT2D eigenvalue weighted by molar-refractivity contribution is 7.12. The van der Waals surface area contributed by atoms with Crippen LogP contribution in [0.5, 0.6) is 5.88 Å². The number of morpholine rings is 1. The summed E-state index contributed by atoms with van der Waals surface area (Å²) in [5.41, 5.74) is 3.43. The summed E-state index contributed by atoms with van der Waals surface area (Å²) in [5.74, 6) is -0.742. The zero-order valence-electron chi connectivity index (χ0n) is 20.8. The number of pyridine rings is 1. The van der Waals surface area contributed by atoms with E-state index in [1.807, 2.05) is 24.3 Å². The van der Waals surface area contributed by atoms with E-state index in [4.69, 9.17) is 18.6 Å². The number of methoxy groups -OCH3 is 1. The van der Waals surface area contributed by atoms with Gasteiger partial charge in [0.1, 0.15) is 23.1 Å². The van der Waals surface area contributed by atoms with Crippen molar-refractivity contribution in [2.24, 2.45) is 0 Å². The molecule has 0 aliphatic carbocycles. The molecule has 39 heavy (non-hydrogen) atoms. The first-order valence-electron chi connectivity index (χ1n) is 11.9. The normalized spacial score (nSPS) is 13.1. The van der Waals surface area contributed by atoms with Crippen LogP contribution in [0.4, 0.5) is 11.4 Å². The van der Waals surface area contributed by atoms with E-state index in [1.54, 1.807) is 12.1 Å². The molecule has 1 aromatic carbocycles. The van der Waals surface area contributed by atoms with Crippen molar-refractivity contribution in [2.45, 2.75) is 6.61 Å². The van der Waals surface area contributed by atoms with Gasteiger partial charge in [0.15, 0.2) is 0 Å². The van der Waals surface area contributed by atoms with E-state index in [9.17, 15) is 20.2 Å². The van der Waals surface area contributed by atoms with Gasteiger partial charge in [-0.15, -0.1) is 11.3 Å². The Hall–Kier alpha value is -4.73. The summed E-state index contributed by atoms with van der Waals surface area (Å²) in [6.45, 7) is 2.59. The summed E-state index contributed by atoms with van der Waals surface area (Å²) in [7, 11) is 1.19. The van der Waals surface area contributed by atoms with E-state index in [0.29, 0.717) is 30.0 Å². The van der Waals surface area contributed by atoms with Gasteiger partial charge in [0.2, 0.25) is 5.88 Å². The maximum absolute atomic E-state index is 12.2. The molecule has 11 nitrogen and oxygen atoms in total. The van der Waals surface area contributed by atoms with Crippen molar-refractivity contribution in [2.75, 3.05) is 38.3 Å². The van der Waals surface area contributed by atoms with Crippen LogP contribution in [-0.2, 0) is 16.1 Å². The Morgan fingerprint density at radius 1 is 1.23 bits per heavy atom. The number of hydrogen-bond acceptors (Lipinski definition) is 11. The lowest BCUT2D eigenvalue weighted by Gasteiger charge is -2.28. The molecule has 4 aromatic rings. The molecule has 0 N–H and O–H groups in total. The van der Waals surface area contributed by atoms with Crippen molar-refractivity contribution < 1.29 is 28.3 Å². The Morgan fingerprint density at radius 2 is 2.00 bits per heavy atom. The Kier molecular flexibility index (Phi) is 7.53. The van der Waals surface area contributed by atoms with Gasteiger partial charge >= 0.3 is 5.97 Å². The van der Waals surface area contributed by atoms with Gasteiger partial charge in [-0.25, -0.2) is 9.78 Å². The standard InChI is InChI=1S/C27H22N4O7S/c1-35-27(32)25-22(24(16-39-25)31(33)34)15-38-26-21(13-28)20(18-6-9-37-14-18)12-23(29-26)17-2-4-19(5-3-17)30-7-10-36-11-8-30/h2-6,9,12,14,16H,7-8,10-11,15H2,1H3. The minimum Gasteiger partial charge on any atom is -0.472 e. The zero-order valence-corrected chi connectivity index (χ0v) is 21.6. The van der Waals surface area contributed by atoms with Crippen molar-refractivity contribution in [3.8, 4) is 34.3 Å². The maximum Gasteiger partial charge on any atom is 0.348 e. The van der Waals surface area contributed by atoms with E-state index in [2.05, 4.69) is 16.0 Å². The summed E-state index contributed by atoms with van der Waals surface area (Å²) in [5, 5.41) is 22.9. The summed E-state index contributed by atoms with van der Waals surface area (Å²) in [6, 6.07) is 13.5. The van der Waals surface area contributed by atoms with Crippen LogP contribution in [0.3, 0.4) is 0 Å². The molecule has 3 aromatic heterocycles. The first kappa shape index (κ1) is 25.9. The molecule has 1 aliphatic heterocycles. The first-order chi connectivity index (χ1) is 19.0. The van der Waals surface area contributed by atoms with Crippen molar-refractivity contribution in [1.29, 1.82) is 5.26 Å². The first-order valence-corrected chi connectivity index (χ1v) is 12.7. The molecule has 5 rings (SSSR count). The number of aromatic nitrogens is 1. The smallest absolute Gasteiger partial charge is 0.348 e. The molecule has 0 bridgehead atoms. The van der Waals surface area contributed by atoms with E-state index in [-0.39, 0.29) is 34.2 Å². The highest BCUT2D eigenvalue weighted by Crippen LogP contribution is 2.36. The van der Waals surface area contributed by atoms with Gasteiger partial charge < -0.3 is 23.5 Å². The third-order valence-corrected chi connectivity index (χ3v) is 7.25. The predicted molar refractivity (Wildman–Crippen MR) is 142 cm³/mol. The van der Waals surface area contributed by atoms with Gasteiger partial charge in [0.05, 0.1) is 54.4 Å². The summed E-state index contributed by atoms with van der Waals surface area (Å²) >= 11 is 0.891. The zero-order chi connectivity index (χ0) is 27.4. The molecular formula is C27H22N4O7S. The van der Waals surface area contributed by atoms with E-state index in [0.717, 1.165) is 35.7 Å². The fourth-order valence-corrected chi connectivity index (χ4v) is 5.21. The molecule has 1 aliphatic rings. The summed E-state index contributed by atoms with van der Waals surface area (Å²) in [6.07, 6.45) is 3.00. The quantitative estimate of drug-likeness (QED) is 0.167. The van der Waals surface area contributed by atoms with Gasteiger partial charge in [-0.2, -0.15) is 5.26 Å². The number of carbonyl (C=O) groups is 1. The number of hydrogen-bond donors (Lipinski definition) is 0. The molecule has 0 spiro atoms. The number of furan rings is 1. The number of carbonyl (C=O) groups excluding carboxylic acids is 1. The minimum absolute atomic E-state index is 0.0280. The maximum atomic E-state index is 12.2. The second kappa shape index (κ2) is 11.3. The number of rotatable bonds is 8. The number of benzene rings is 1.